The molecule has 1 aromatic heterocycles. The maximum absolute atomic E-state index is 13.1. The van der Waals surface area contributed by atoms with Crippen LogP contribution in [-0.4, -0.2) is 13.4 Å². The number of halogens is 2. The van der Waals surface area contributed by atoms with Crippen molar-refractivity contribution in [1.29, 1.82) is 5.26 Å². The molecule has 2 aromatic carbocycles. The monoisotopic (exact) mass is 361 g/mol. The molecule has 0 saturated heterocycles. The fourth-order valence-electron chi connectivity index (χ4n) is 2.64. The highest BCUT2D eigenvalue weighted by atomic mass is 32.2. The van der Waals surface area contributed by atoms with Crippen molar-refractivity contribution in [2.45, 2.75) is 18.2 Å². The van der Waals surface area contributed by atoms with E-state index >= 15 is 0 Å². The predicted octanol–water partition coefficient (Wildman–Crippen LogP) is 4.09. The Morgan fingerprint density at radius 2 is 2.00 bits per heavy atom. The summed E-state index contributed by atoms with van der Waals surface area (Å²) in [6.07, 6.45) is -1.50. The van der Waals surface area contributed by atoms with Crippen LogP contribution in [0.15, 0.2) is 47.5 Å². The van der Waals surface area contributed by atoms with Gasteiger partial charge in [-0.05, 0) is 36.8 Å². The Morgan fingerprint density at radius 3 is 2.68 bits per heavy atom. The predicted molar refractivity (Wildman–Crippen MR) is 90.0 cm³/mol. The average Bonchev–Trinajstić information content (AvgIpc) is 3.04. The fourth-order valence-corrected chi connectivity index (χ4v) is 3.76. The number of H-pyrrole nitrogens is 1. The van der Waals surface area contributed by atoms with Crippen molar-refractivity contribution in [3.63, 3.8) is 0 Å². The lowest BCUT2D eigenvalue weighted by Crippen LogP contribution is -2.13. The van der Waals surface area contributed by atoms with Crippen LogP contribution >= 0.6 is 0 Å². The van der Waals surface area contributed by atoms with E-state index in [0.717, 1.165) is 0 Å². The van der Waals surface area contributed by atoms with Gasteiger partial charge in [-0.15, -0.1) is 0 Å². The molecular formula is C17H13F2N3O2S. The number of hydrogen-bond acceptors (Lipinski definition) is 3. The molecular weight excluding hydrogens is 348 g/mol. The summed E-state index contributed by atoms with van der Waals surface area (Å²) < 4.78 is 53.8. The van der Waals surface area contributed by atoms with E-state index in [0.29, 0.717) is 10.9 Å². The smallest absolute Gasteiger partial charge is 0.265 e. The number of nitrogens with one attached hydrogen (secondary N) is 2. The largest absolute Gasteiger partial charge is 0.359 e. The Hall–Kier alpha value is -2.92. The van der Waals surface area contributed by atoms with Crippen LogP contribution < -0.4 is 4.72 Å². The third-order valence-corrected chi connectivity index (χ3v) is 5.19. The third kappa shape index (κ3) is 3.06. The highest BCUT2D eigenvalue weighted by Crippen LogP contribution is 2.34. The minimum atomic E-state index is -3.97. The molecule has 0 fully saturated rings. The summed E-state index contributed by atoms with van der Waals surface area (Å²) in [4.78, 5) is 2.63. The lowest BCUT2D eigenvalue weighted by Gasteiger charge is -2.11. The van der Waals surface area contributed by atoms with Gasteiger partial charge in [0.05, 0.1) is 27.7 Å². The number of hydrogen-bond donors (Lipinski definition) is 2. The van der Waals surface area contributed by atoms with Gasteiger partial charge in [-0.25, -0.2) is 17.2 Å². The minimum Gasteiger partial charge on any atom is -0.359 e. The molecule has 0 bridgehead atoms. The molecule has 5 nitrogen and oxygen atoms in total. The summed E-state index contributed by atoms with van der Waals surface area (Å²) in [6.45, 7) is 1.68. The van der Waals surface area contributed by atoms with E-state index in [1.54, 1.807) is 13.0 Å². The zero-order valence-corrected chi connectivity index (χ0v) is 13.9. The van der Waals surface area contributed by atoms with Crippen LogP contribution in [0.5, 0.6) is 0 Å². The van der Waals surface area contributed by atoms with E-state index in [1.165, 1.54) is 36.5 Å². The number of fused-ring (bicyclic) bond motifs is 1. The van der Waals surface area contributed by atoms with Crippen LogP contribution in [-0.2, 0) is 10.0 Å². The van der Waals surface area contributed by atoms with Crippen molar-refractivity contribution >= 4 is 26.6 Å². The van der Waals surface area contributed by atoms with Crippen molar-refractivity contribution in [3.05, 3.63) is 59.3 Å². The Bertz CT molecular complexity index is 1100. The molecule has 3 rings (SSSR count). The highest BCUT2D eigenvalue weighted by molar-refractivity contribution is 7.92. The SMILES string of the molecule is Cc1ccc(NS(=O)(=O)c2cccc(C#N)c2)c2[nH]cc(C(F)F)c12. The van der Waals surface area contributed by atoms with Crippen LogP contribution in [0, 0.1) is 18.3 Å². The first-order valence-corrected chi connectivity index (χ1v) is 8.73. The second-order valence-electron chi connectivity index (χ2n) is 5.47. The molecule has 0 aliphatic carbocycles. The normalized spacial score (nSPS) is 11.6. The molecule has 0 aliphatic heterocycles. The molecule has 0 amide bonds. The first kappa shape index (κ1) is 16.9. The minimum absolute atomic E-state index is 0.0825. The number of aromatic amines is 1. The standard InChI is InChI=1S/C17H13F2N3O2S/c1-10-5-6-14(16-15(10)13(9-21-16)17(18)19)22-25(23,24)12-4-2-3-11(7-12)8-20/h2-7,9,17,21-22H,1H3. The molecule has 0 spiro atoms. The van der Waals surface area contributed by atoms with E-state index < -0.39 is 16.4 Å². The van der Waals surface area contributed by atoms with E-state index in [4.69, 9.17) is 5.26 Å². The number of alkyl halides is 2. The molecule has 0 unspecified atom stereocenters. The topological polar surface area (TPSA) is 85.8 Å². The van der Waals surface area contributed by atoms with Crippen molar-refractivity contribution in [2.24, 2.45) is 0 Å². The van der Waals surface area contributed by atoms with Crippen molar-refractivity contribution in [1.82, 2.24) is 4.98 Å². The van der Waals surface area contributed by atoms with E-state index in [9.17, 15) is 17.2 Å². The molecule has 3 aromatic rings. The number of rotatable bonds is 4. The van der Waals surface area contributed by atoms with E-state index in [-0.39, 0.29) is 27.2 Å². The zero-order valence-electron chi connectivity index (χ0n) is 13.0. The maximum atomic E-state index is 13.1. The second-order valence-corrected chi connectivity index (χ2v) is 7.15. The molecule has 25 heavy (non-hydrogen) atoms. The lowest BCUT2D eigenvalue weighted by atomic mass is 10.1. The quantitative estimate of drug-likeness (QED) is 0.734. The summed E-state index contributed by atoms with van der Waals surface area (Å²) in [7, 11) is -3.97. The molecule has 0 atom stereocenters. The second kappa shape index (κ2) is 6.18. The van der Waals surface area contributed by atoms with Crippen LogP contribution in [0.4, 0.5) is 14.5 Å². The zero-order chi connectivity index (χ0) is 18.2. The Morgan fingerprint density at radius 1 is 1.24 bits per heavy atom. The summed E-state index contributed by atoms with van der Waals surface area (Å²) in [5, 5.41) is 9.20. The van der Waals surface area contributed by atoms with E-state index in [2.05, 4.69) is 9.71 Å². The number of sulfonamides is 1. The first-order valence-electron chi connectivity index (χ1n) is 7.25. The van der Waals surface area contributed by atoms with Crippen LogP contribution in [0.3, 0.4) is 0 Å². The number of nitriles is 1. The van der Waals surface area contributed by atoms with Gasteiger partial charge in [0.2, 0.25) is 0 Å². The van der Waals surface area contributed by atoms with Gasteiger partial charge in [0.15, 0.2) is 0 Å². The van der Waals surface area contributed by atoms with Gasteiger partial charge in [-0.1, -0.05) is 12.1 Å². The van der Waals surface area contributed by atoms with Gasteiger partial charge in [-0.3, -0.25) is 4.72 Å². The number of anilines is 1. The van der Waals surface area contributed by atoms with Crippen molar-refractivity contribution < 1.29 is 17.2 Å². The first-order chi connectivity index (χ1) is 11.8. The molecule has 1 heterocycles. The number of aromatic nitrogens is 1. The number of aryl methyl sites for hydroxylation is 1. The summed E-state index contributed by atoms with van der Waals surface area (Å²) in [5.41, 5.74) is 1.09. The van der Waals surface area contributed by atoms with Crippen molar-refractivity contribution in [3.8, 4) is 6.07 Å². The Balaban J connectivity index is 2.09. The van der Waals surface area contributed by atoms with Crippen LogP contribution in [0.2, 0.25) is 0 Å². The molecule has 0 aliphatic rings. The third-order valence-electron chi connectivity index (χ3n) is 3.83. The Labute approximate surface area is 143 Å². The van der Waals surface area contributed by atoms with Crippen LogP contribution in [0.1, 0.15) is 23.1 Å². The van der Waals surface area contributed by atoms with Gasteiger partial charge in [-0.2, -0.15) is 5.26 Å². The fraction of sp³-hybridized carbons (Fsp3) is 0.118. The molecule has 2 N–H and O–H groups in total. The van der Waals surface area contributed by atoms with Gasteiger partial charge >= 0.3 is 0 Å². The Kier molecular flexibility index (Phi) is 4.18. The highest BCUT2D eigenvalue weighted by Gasteiger charge is 2.20. The molecule has 8 heteroatoms. The van der Waals surface area contributed by atoms with Crippen LogP contribution in [0.25, 0.3) is 10.9 Å². The number of benzene rings is 2. The molecule has 0 radical (unpaired) electrons. The molecule has 128 valence electrons. The van der Waals surface area contributed by atoms with E-state index in [1.807, 2.05) is 6.07 Å². The summed E-state index contributed by atoms with van der Waals surface area (Å²) >= 11 is 0. The van der Waals surface area contributed by atoms with Gasteiger partial charge in [0.1, 0.15) is 0 Å². The summed E-state index contributed by atoms with van der Waals surface area (Å²) in [6, 6.07) is 10.5. The number of nitrogens with zero attached hydrogens (tertiary/aromatic N) is 1. The average molecular weight is 361 g/mol. The van der Waals surface area contributed by atoms with Gasteiger partial charge in [0.25, 0.3) is 16.4 Å². The molecule has 0 saturated carbocycles. The van der Waals surface area contributed by atoms with Gasteiger partial charge in [0, 0.05) is 17.1 Å². The van der Waals surface area contributed by atoms with Crippen molar-refractivity contribution in [2.75, 3.05) is 4.72 Å². The van der Waals surface area contributed by atoms with Gasteiger partial charge < -0.3 is 4.98 Å². The maximum Gasteiger partial charge on any atom is 0.265 e. The lowest BCUT2D eigenvalue weighted by molar-refractivity contribution is 0.153. The summed E-state index contributed by atoms with van der Waals surface area (Å²) in [5.74, 6) is 0.